The summed E-state index contributed by atoms with van der Waals surface area (Å²) in [6, 6.07) is 3.85. The number of aromatic amines is 1. The van der Waals surface area contributed by atoms with Crippen molar-refractivity contribution in [1.82, 2.24) is 9.97 Å². The lowest BCUT2D eigenvalue weighted by Crippen LogP contribution is -2.61. The quantitative estimate of drug-likeness (QED) is 0.352. The SMILES string of the molecule is CC1=C[C@H]2[C@@]3(O)[C@H](C)C[C@]4(OC(=O)CCc5c[nH]c6ncccc56)[C@H]([C@@H]3C=C(CO)C[C@]2(O)C1=O)C4(C)C. The largest absolute Gasteiger partial charge is 0.458 e. The fraction of sp³-hybridized carbons (Fsp3) is 0.567. The van der Waals surface area contributed by atoms with E-state index in [0.29, 0.717) is 24.0 Å². The summed E-state index contributed by atoms with van der Waals surface area (Å²) in [7, 11) is 0. The van der Waals surface area contributed by atoms with Gasteiger partial charge in [0.05, 0.1) is 12.2 Å². The number of H-pyrrole nitrogens is 1. The van der Waals surface area contributed by atoms with Gasteiger partial charge in [0.2, 0.25) is 0 Å². The molecule has 4 aliphatic carbocycles. The zero-order valence-electron chi connectivity index (χ0n) is 22.3. The Bertz CT molecular complexity index is 1410. The Morgan fingerprint density at radius 1 is 1.26 bits per heavy atom. The Morgan fingerprint density at radius 2 is 2.03 bits per heavy atom. The zero-order chi connectivity index (χ0) is 27.3. The second-order valence-corrected chi connectivity index (χ2v) is 12.5. The number of carbonyl (C=O) groups excluding carboxylic acids is 2. The molecule has 2 heterocycles. The highest BCUT2D eigenvalue weighted by Crippen LogP contribution is 2.76. The Balaban J connectivity index is 1.30. The monoisotopic (exact) mass is 520 g/mol. The van der Waals surface area contributed by atoms with Crippen LogP contribution < -0.4 is 0 Å². The minimum atomic E-state index is -1.79. The van der Waals surface area contributed by atoms with Crippen molar-refractivity contribution in [3.63, 3.8) is 0 Å². The average molecular weight is 521 g/mol. The second kappa shape index (κ2) is 8.10. The van der Waals surface area contributed by atoms with Crippen LogP contribution in [0.5, 0.6) is 0 Å². The van der Waals surface area contributed by atoms with Crippen LogP contribution in [0.25, 0.3) is 11.0 Å². The lowest BCUT2D eigenvalue weighted by Gasteiger charge is -2.50. The van der Waals surface area contributed by atoms with Gasteiger partial charge in [0.1, 0.15) is 16.8 Å². The molecule has 0 bridgehead atoms. The minimum Gasteiger partial charge on any atom is -0.458 e. The number of esters is 1. The summed E-state index contributed by atoms with van der Waals surface area (Å²) in [6.07, 6.45) is 8.30. The Hall–Kier alpha value is -2.81. The number of hydrogen-bond donors (Lipinski definition) is 4. The number of ether oxygens (including phenoxy) is 1. The number of aliphatic hydroxyl groups is 3. The van der Waals surface area contributed by atoms with Crippen molar-refractivity contribution in [1.29, 1.82) is 0 Å². The maximum atomic E-state index is 13.3. The van der Waals surface area contributed by atoms with Crippen LogP contribution in [0.15, 0.2) is 47.8 Å². The zero-order valence-corrected chi connectivity index (χ0v) is 22.3. The molecule has 2 aromatic heterocycles. The number of Topliss-reactive ketones (excluding diaryl/α,β-unsaturated/α-hetero) is 1. The number of carbonyl (C=O) groups is 2. The summed E-state index contributed by atoms with van der Waals surface area (Å²) in [5, 5.41) is 35.1. The Labute approximate surface area is 221 Å². The van der Waals surface area contributed by atoms with E-state index in [1.165, 1.54) is 0 Å². The van der Waals surface area contributed by atoms with Crippen LogP contribution in [0.3, 0.4) is 0 Å². The Kier molecular flexibility index (Phi) is 5.43. The maximum absolute atomic E-state index is 13.3. The third-order valence-electron chi connectivity index (χ3n) is 10.3. The van der Waals surface area contributed by atoms with Crippen molar-refractivity contribution in [3.05, 3.63) is 53.4 Å². The summed E-state index contributed by atoms with van der Waals surface area (Å²) in [4.78, 5) is 33.8. The molecule has 0 saturated heterocycles. The van der Waals surface area contributed by atoms with Crippen molar-refractivity contribution in [3.8, 4) is 0 Å². The molecule has 2 saturated carbocycles. The molecule has 2 aromatic rings. The number of rotatable bonds is 5. The van der Waals surface area contributed by atoms with Crippen LogP contribution in [0.2, 0.25) is 0 Å². The smallest absolute Gasteiger partial charge is 0.306 e. The third kappa shape index (κ3) is 3.17. The summed E-state index contributed by atoms with van der Waals surface area (Å²) >= 11 is 0. The van der Waals surface area contributed by atoms with Gasteiger partial charge in [-0.2, -0.15) is 0 Å². The molecule has 6 rings (SSSR count). The molecule has 202 valence electrons. The molecule has 0 radical (unpaired) electrons. The van der Waals surface area contributed by atoms with Gasteiger partial charge >= 0.3 is 5.97 Å². The molecule has 4 N–H and O–H groups in total. The van der Waals surface area contributed by atoms with Gasteiger partial charge in [-0.05, 0) is 54.5 Å². The molecule has 0 amide bonds. The lowest BCUT2D eigenvalue weighted by atomic mass is 9.60. The third-order valence-corrected chi connectivity index (χ3v) is 10.3. The van der Waals surface area contributed by atoms with E-state index >= 15 is 0 Å². The standard InChI is InChI=1S/C30H36N2O6/c1-16-10-22-28(36,25(16)35)13-18(15-33)11-21-24-27(3,4)29(24,12-17(2)30(21,22)37)38-23(34)8-7-19-14-32-26-20(19)6-5-9-31-26/h5-6,9-11,14,17,21-22,24,33,36-37H,7-8,12-13,15H2,1-4H3,(H,31,32)/t17-,21+,22-,24-,28-,29+,30-/m1/s1. The van der Waals surface area contributed by atoms with Gasteiger partial charge in [-0.3, -0.25) is 9.59 Å². The van der Waals surface area contributed by atoms with E-state index in [1.54, 1.807) is 19.2 Å². The highest BCUT2D eigenvalue weighted by molar-refractivity contribution is 6.04. The first kappa shape index (κ1) is 25.5. The summed E-state index contributed by atoms with van der Waals surface area (Å²) in [6.45, 7) is 7.37. The summed E-state index contributed by atoms with van der Waals surface area (Å²) in [5.74, 6) is -2.58. The molecule has 8 heteroatoms. The van der Waals surface area contributed by atoms with E-state index < -0.39 is 39.8 Å². The number of pyridine rings is 1. The molecule has 2 fully saturated rings. The van der Waals surface area contributed by atoms with Crippen LogP contribution in [0.4, 0.5) is 0 Å². The molecule has 0 unspecified atom stereocenters. The highest BCUT2D eigenvalue weighted by Gasteiger charge is 2.83. The molecular weight excluding hydrogens is 484 g/mol. The first-order valence-corrected chi connectivity index (χ1v) is 13.5. The molecule has 0 aromatic carbocycles. The maximum Gasteiger partial charge on any atom is 0.306 e. The van der Waals surface area contributed by atoms with E-state index in [9.17, 15) is 24.9 Å². The van der Waals surface area contributed by atoms with Crippen molar-refractivity contribution in [2.45, 2.75) is 70.2 Å². The van der Waals surface area contributed by atoms with Crippen LogP contribution in [-0.2, 0) is 20.7 Å². The van der Waals surface area contributed by atoms with Gasteiger partial charge < -0.3 is 25.0 Å². The number of hydrogen-bond acceptors (Lipinski definition) is 7. The summed E-state index contributed by atoms with van der Waals surface area (Å²) in [5.41, 5.74) is -1.67. The fourth-order valence-corrected chi connectivity index (χ4v) is 8.31. The lowest BCUT2D eigenvalue weighted by molar-refractivity contribution is -0.187. The predicted molar refractivity (Wildman–Crippen MR) is 140 cm³/mol. The topological polar surface area (TPSA) is 133 Å². The van der Waals surface area contributed by atoms with Crippen molar-refractivity contribution >= 4 is 22.8 Å². The van der Waals surface area contributed by atoms with Crippen LogP contribution in [0, 0.1) is 29.1 Å². The van der Waals surface area contributed by atoms with E-state index in [0.717, 1.165) is 16.6 Å². The van der Waals surface area contributed by atoms with E-state index in [4.69, 9.17) is 4.74 Å². The first-order valence-electron chi connectivity index (χ1n) is 13.5. The van der Waals surface area contributed by atoms with E-state index in [2.05, 4.69) is 23.8 Å². The number of aryl methyl sites for hydroxylation is 1. The summed E-state index contributed by atoms with van der Waals surface area (Å²) < 4.78 is 6.32. The van der Waals surface area contributed by atoms with Crippen molar-refractivity contribution in [2.75, 3.05) is 6.61 Å². The number of nitrogens with one attached hydrogen (secondary N) is 1. The van der Waals surface area contributed by atoms with Gasteiger partial charge in [-0.15, -0.1) is 0 Å². The highest BCUT2D eigenvalue weighted by atomic mass is 16.6. The van der Waals surface area contributed by atoms with Crippen LogP contribution >= 0.6 is 0 Å². The van der Waals surface area contributed by atoms with Crippen LogP contribution in [-0.4, -0.2) is 60.5 Å². The molecule has 4 aliphatic rings. The molecular formula is C30H36N2O6. The number of nitrogens with zero attached hydrogens (tertiary/aromatic N) is 1. The average Bonchev–Trinajstić information content (AvgIpc) is 3.11. The normalized spacial score (nSPS) is 39.0. The molecule has 7 atom stereocenters. The van der Waals surface area contributed by atoms with Crippen molar-refractivity contribution < 1.29 is 29.6 Å². The number of ketones is 1. The van der Waals surface area contributed by atoms with Gasteiger partial charge in [0.15, 0.2) is 5.78 Å². The molecule has 38 heavy (non-hydrogen) atoms. The Morgan fingerprint density at radius 3 is 2.76 bits per heavy atom. The second-order valence-electron chi connectivity index (χ2n) is 12.5. The van der Waals surface area contributed by atoms with E-state index in [-0.39, 0.29) is 37.3 Å². The number of fused-ring (bicyclic) bond motifs is 6. The van der Waals surface area contributed by atoms with E-state index in [1.807, 2.05) is 31.3 Å². The van der Waals surface area contributed by atoms with Gasteiger partial charge in [0.25, 0.3) is 0 Å². The molecule has 0 spiro atoms. The first-order chi connectivity index (χ1) is 17.9. The van der Waals surface area contributed by atoms with Gasteiger partial charge in [-0.25, -0.2) is 4.98 Å². The predicted octanol–water partition coefficient (Wildman–Crippen LogP) is 3.02. The number of aliphatic hydroxyl groups excluding tert-OH is 1. The van der Waals surface area contributed by atoms with Gasteiger partial charge in [-0.1, -0.05) is 32.9 Å². The fourth-order valence-electron chi connectivity index (χ4n) is 8.31. The molecule has 8 nitrogen and oxygen atoms in total. The minimum absolute atomic E-state index is 0.0220. The molecule has 0 aliphatic heterocycles. The number of aromatic nitrogens is 2. The van der Waals surface area contributed by atoms with Crippen LogP contribution in [0.1, 0.15) is 52.5 Å². The van der Waals surface area contributed by atoms with Crippen molar-refractivity contribution in [2.24, 2.45) is 29.1 Å². The van der Waals surface area contributed by atoms with Gasteiger partial charge in [0, 0.05) is 53.8 Å².